The van der Waals surface area contributed by atoms with Gasteiger partial charge in [0.2, 0.25) is 0 Å². The molecule has 0 amide bonds. The second kappa shape index (κ2) is 14.4. The van der Waals surface area contributed by atoms with Crippen molar-refractivity contribution >= 4 is 173 Å². The van der Waals surface area contributed by atoms with Crippen molar-refractivity contribution in [3.8, 4) is 20.0 Å². The third-order valence-electron chi connectivity index (χ3n) is 18.1. The SMILES string of the molecule is CN1c2ccccc2N2c3cccc4c3B(c3ccc5c6c3N4c3c(-c4ccccc4)[se]c(-c4ccccc4)c3N6c3cccc4c3B5c3cc5ccccc5c5c3N4c3ccccc3N5C)c3cc4ccccc4c1c32. The molecule has 0 radical (unpaired) electrons. The first-order valence-electron chi connectivity index (χ1n) is 26.8. The minimum absolute atomic E-state index is 0.0483. The number of hydrogen-bond donors (Lipinski definition) is 0. The molecule has 1 aromatic heterocycles. The van der Waals surface area contributed by atoms with Crippen molar-refractivity contribution in [2.75, 3.05) is 43.5 Å². The van der Waals surface area contributed by atoms with Gasteiger partial charge in [0.25, 0.3) is 0 Å². The van der Waals surface area contributed by atoms with E-state index < -0.39 is 0 Å². The minimum atomic E-state index is -0.0687. The van der Waals surface area contributed by atoms with E-state index in [0.717, 1.165) is 0 Å². The average Bonchev–Trinajstić information content (AvgIpc) is 4.11. The quantitative estimate of drug-likeness (QED) is 0.160. The third kappa shape index (κ3) is 4.89. The van der Waals surface area contributed by atoms with Crippen LogP contribution in [0, 0.1) is 0 Å². The Balaban J connectivity index is 0.986. The van der Waals surface area contributed by atoms with Gasteiger partial charge in [0.15, 0.2) is 0 Å². The van der Waals surface area contributed by atoms with E-state index in [1.54, 1.807) is 0 Å². The standard InChI is InChI=1S/C68H42B2N6Se/c1-71-49-27-13-15-29-51(49)73-53-31-17-33-55-57(53)69(47-37-41-23-9-11-25-43(41)59(71)63(47)73)45-35-36-46-62-61(45)75(55)65-66(68(40-21-7-4-8-22-40)77-67(65)39-19-5-3-6-20-39)76(62)56-34-18-32-54-58(56)70(46)48-38-42-24-10-12-26-44(42)60-64(48)74(54)52-30-16-14-28-50(52)72(60)2/h3-38H,1-2H3. The predicted molar refractivity (Wildman–Crippen MR) is 327 cm³/mol. The molecule has 7 aliphatic heterocycles. The molecule has 12 aromatic rings. The molecule has 0 unspecified atom stereocenters. The Hall–Kier alpha value is -9.13. The molecule has 11 aromatic carbocycles. The number of nitrogens with zero attached hydrogens (tertiary/aromatic N) is 6. The van der Waals surface area contributed by atoms with Gasteiger partial charge in [-0.25, -0.2) is 0 Å². The first kappa shape index (κ1) is 41.2. The van der Waals surface area contributed by atoms with E-state index in [-0.39, 0.29) is 27.9 Å². The van der Waals surface area contributed by atoms with Crippen LogP contribution in [0.3, 0.4) is 0 Å². The van der Waals surface area contributed by atoms with Crippen molar-refractivity contribution in [2.45, 2.75) is 0 Å². The molecule has 356 valence electrons. The Morgan fingerprint density at radius 3 is 1.08 bits per heavy atom. The van der Waals surface area contributed by atoms with E-state index in [1.807, 2.05) is 0 Å². The zero-order valence-corrected chi connectivity index (χ0v) is 43.7. The fraction of sp³-hybridized carbons (Fsp3) is 0.0294. The van der Waals surface area contributed by atoms with Crippen LogP contribution in [-0.2, 0) is 0 Å². The van der Waals surface area contributed by atoms with Crippen LogP contribution in [0.15, 0.2) is 218 Å². The zero-order chi connectivity index (χ0) is 50.1. The van der Waals surface area contributed by atoms with Crippen LogP contribution in [-0.4, -0.2) is 42.0 Å². The molecule has 8 heterocycles. The first-order chi connectivity index (χ1) is 38.1. The first-order valence-corrected chi connectivity index (χ1v) is 28.5. The van der Waals surface area contributed by atoms with Crippen molar-refractivity contribution in [1.29, 1.82) is 0 Å². The Labute approximate surface area is 452 Å². The summed E-state index contributed by atoms with van der Waals surface area (Å²) in [4.78, 5) is 15.7. The molecule has 19 rings (SSSR count). The molecule has 0 spiro atoms. The van der Waals surface area contributed by atoms with Gasteiger partial charge in [0, 0.05) is 0 Å². The van der Waals surface area contributed by atoms with Crippen molar-refractivity contribution in [3.63, 3.8) is 0 Å². The number of para-hydroxylation sites is 4. The normalized spacial score (nSPS) is 14.7. The summed E-state index contributed by atoms with van der Waals surface area (Å²) in [5.74, 6) is 0. The summed E-state index contributed by atoms with van der Waals surface area (Å²) in [6.07, 6.45) is 0. The van der Waals surface area contributed by atoms with Gasteiger partial charge in [-0.1, -0.05) is 0 Å². The fourth-order valence-corrected chi connectivity index (χ4v) is 17.9. The molecule has 0 saturated carbocycles. The van der Waals surface area contributed by atoms with E-state index >= 15 is 0 Å². The van der Waals surface area contributed by atoms with Gasteiger partial charge >= 0.3 is 455 Å². The zero-order valence-electron chi connectivity index (χ0n) is 42.0. The van der Waals surface area contributed by atoms with Crippen LogP contribution in [0.25, 0.3) is 41.5 Å². The summed E-state index contributed by atoms with van der Waals surface area (Å²) in [5, 5.41) is 5.05. The van der Waals surface area contributed by atoms with Gasteiger partial charge in [-0.15, -0.1) is 0 Å². The number of hydrogen-bond acceptors (Lipinski definition) is 6. The second-order valence-electron chi connectivity index (χ2n) is 21.6. The molecule has 0 atom stereocenters. The summed E-state index contributed by atoms with van der Waals surface area (Å²) in [6.45, 7) is -0.0966. The van der Waals surface area contributed by atoms with Gasteiger partial charge in [-0.05, 0) is 0 Å². The number of benzene rings is 11. The van der Waals surface area contributed by atoms with Gasteiger partial charge in [0.05, 0.1) is 0 Å². The molecular weight excluding hydrogens is 1000 g/mol. The van der Waals surface area contributed by atoms with Crippen molar-refractivity contribution in [2.24, 2.45) is 0 Å². The van der Waals surface area contributed by atoms with E-state index in [0.29, 0.717) is 0 Å². The Kier molecular flexibility index (Phi) is 7.71. The van der Waals surface area contributed by atoms with Gasteiger partial charge < -0.3 is 0 Å². The molecule has 6 nitrogen and oxygen atoms in total. The third-order valence-corrected chi connectivity index (χ3v) is 20.7. The average molecular weight is 1040 g/mol. The molecule has 0 N–H and O–H groups in total. The Morgan fingerprint density at radius 1 is 0.286 bits per heavy atom. The molecule has 77 heavy (non-hydrogen) atoms. The van der Waals surface area contributed by atoms with Crippen LogP contribution in [0.2, 0.25) is 0 Å². The topological polar surface area (TPSA) is 19.4 Å². The number of fused-ring (bicyclic) bond motifs is 19. The molecule has 0 aliphatic carbocycles. The van der Waals surface area contributed by atoms with Gasteiger partial charge in [-0.2, -0.15) is 0 Å². The van der Waals surface area contributed by atoms with Crippen LogP contribution in [0.4, 0.5) is 91.0 Å². The monoisotopic (exact) mass is 1040 g/mol. The Bertz CT molecular complexity index is 4390. The van der Waals surface area contributed by atoms with E-state index in [4.69, 9.17) is 0 Å². The summed E-state index contributed by atoms with van der Waals surface area (Å²) >= 11 is -0.0687. The number of anilines is 16. The van der Waals surface area contributed by atoms with E-state index in [1.165, 1.54) is 165 Å². The summed E-state index contributed by atoms with van der Waals surface area (Å²) in [5.41, 5.74) is 30.7. The predicted octanol–water partition coefficient (Wildman–Crippen LogP) is 13.0. The summed E-state index contributed by atoms with van der Waals surface area (Å²) < 4.78 is 2.81. The maximum absolute atomic E-state index is 2.77. The molecular formula is C68H42B2N6Se. The van der Waals surface area contributed by atoms with Crippen LogP contribution in [0.1, 0.15) is 0 Å². The van der Waals surface area contributed by atoms with Crippen LogP contribution in [0.5, 0.6) is 0 Å². The molecule has 0 fully saturated rings. The summed E-state index contributed by atoms with van der Waals surface area (Å²) in [6, 6.07) is 83.3. The number of rotatable bonds is 2. The van der Waals surface area contributed by atoms with Crippen molar-refractivity contribution in [1.82, 2.24) is 0 Å². The Morgan fingerprint density at radius 2 is 0.636 bits per heavy atom. The van der Waals surface area contributed by atoms with Crippen molar-refractivity contribution < 1.29 is 0 Å². The molecule has 9 heteroatoms. The molecule has 0 saturated heterocycles. The van der Waals surface area contributed by atoms with Crippen LogP contribution >= 0.6 is 0 Å². The van der Waals surface area contributed by atoms with Crippen LogP contribution < -0.4 is 62.2 Å². The fourth-order valence-electron chi connectivity index (χ4n) is 15.2. The maximum atomic E-state index is 2.77. The molecule has 0 bridgehead atoms. The van der Waals surface area contributed by atoms with E-state index in [9.17, 15) is 0 Å². The second-order valence-corrected chi connectivity index (χ2v) is 23.8. The van der Waals surface area contributed by atoms with E-state index in [2.05, 4.69) is 262 Å². The summed E-state index contributed by atoms with van der Waals surface area (Å²) in [7, 11) is 4.54. The van der Waals surface area contributed by atoms with Gasteiger partial charge in [0.1, 0.15) is 0 Å². The molecule has 7 aliphatic rings. The van der Waals surface area contributed by atoms with Gasteiger partial charge in [-0.3, -0.25) is 0 Å². The van der Waals surface area contributed by atoms with Crippen molar-refractivity contribution in [3.05, 3.63) is 218 Å².